The Morgan fingerprint density at radius 2 is 1.54 bits per heavy atom. The number of nitrogens with one attached hydrogen (secondary N) is 1. The van der Waals surface area contributed by atoms with Crippen LogP contribution in [0.5, 0.6) is 11.5 Å². The molecule has 2 aromatic carbocycles. The molecule has 0 unspecified atom stereocenters. The average molecular weight is 387 g/mol. The van der Waals surface area contributed by atoms with Crippen LogP contribution < -0.4 is 14.8 Å². The molecule has 148 valence electrons. The minimum Gasteiger partial charge on any atom is -0.490 e. The fraction of sp³-hybridized carbons (Fsp3) is 0.250. The van der Waals surface area contributed by atoms with Crippen molar-refractivity contribution in [2.45, 2.75) is 6.92 Å². The van der Waals surface area contributed by atoms with Gasteiger partial charge >= 0.3 is 11.9 Å². The number of anilines is 1. The Morgan fingerprint density at radius 1 is 0.893 bits per heavy atom. The summed E-state index contributed by atoms with van der Waals surface area (Å²) in [6.07, 6.45) is 0. The van der Waals surface area contributed by atoms with Gasteiger partial charge in [-0.05, 0) is 43.3 Å². The SMILES string of the molecule is CCOc1ccccc1OCC(=O)OCC(=O)Nc1ccc(C(=O)OC)cc1. The molecule has 0 radical (unpaired) electrons. The van der Waals surface area contributed by atoms with Crippen molar-refractivity contribution in [2.75, 3.05) is 32.2 Å². The van der Waals surface area contributed by atoms with E-state index in [1.54, 1.807) is 36.4 Å². The topological polar surface area (TPSA) is 100 Å². The molecule has 0 saturated heterocycles. The van der Waals surface area contributed by atoms with Crippen molar-refractivity contribution in [3.8, 4) is 11.5 Å². The lowest BCUT2D eigenvalue weighted by Gasteiger charge is -2.11. The van der Waals surface area contributed by atoms with E-state index in [2.05, 4.69) is 10.1 Å². The van der Waals surface area contributed by atoms with Crippen molar-refractivity contribution in [3.05, 3.63) is 54.1 Å². The zero-order chi connectivity index (χ0) is 20.4. The van der Waals surface area contributed by atoms with Crippen molar-refractivity contribution in [1.29, 1.82) is 0 Å². The first kappa shape index (κ1) is 20.8. The predicted octanol–water partition coefficient (Wildman–Crippen LogP) is 2.43. The third kappa shape index (κ3) is 6.31. The molecule has 0 spiro atoms. The van der Waals surface area contributed by atoms with Gasteiger partial charge in [-0.1, -0.05) is 12.1 Å². The van der Waals surface area contributed by atoms with Crippen LogP contribution >= 0.6 is 0 Å². The number of ether oxygens (including phenoxy) is 4. The zero-order valence-corrected chi connectivity index (χ0v) is 15.6. The van der Waals surface area contributed by atoms with Gasteiger partial charge in [0.25, 0.3) is 5.91 Å². The van der Waals surface area contributed by atoms with E-state index in [4.69, 9.17) is 14.2 Å². The van der Waals surface area contributed by atoms with Crippen LogP contribution in [-0.4, -0.2) is 44.8 Å². The van der Waals surface area contributed by atoms with E-state index in [0.717, 1.165) is 0 Å². The van der Waals surface area contributed by atoms with Gasteiger partial charge in [0.1, 0.15) is 0 Å². The molecule has 0 aliphatic heterocycles. The quantitative estimate of drug-likeness (QED) is 0.660. The summed E-state index contributed by atoms with van der Waals surface area (Å²) in [6, 6.07) is 13.0. The van der Waals surface area contributed by atoms with Gasteiger partial charge in [-0.3, -0.25) is 4.79 Å². The number of benzene rings is 2. The standard InChI is InChI=1S/C20H21NO7/c1-3-26-16-6-4-5-7-17(16)27-13-19(23)28-12-18(22)21-15-10-8-14(9-11-15)20(24)25-2/h4-11H,3,12-13H2,1-2H3,(H,21,22). The number of rotatable bonds is 9. The summed E-state index contributed by atoms with van der Waals surface area (Å²) in [4.78, 5) is 35.0. The molecule has 0 fully saturated rings. The average Bonchev–Trinajstić information content (AvgIpc) is 2.72. The van der Waals surface area contributed by atoms with Gasteiger partial charge in [0.2, 0.25) is 0 Å². The Bertz CT molecular complexity index is 818. The first-order chi connectivity index (χ1) is 13.5. The Kier molecular flexibility index (Phi) is 7.83. The molecule has 28 heavy (non-hydrogen) atoms. The normalized spacial score (nSPS) is 9.93. The molecule has 0 aromatic heterocycles. The Hall–Kier alpha value is -3.55. The summed E-state index contributed by atoms with van der Waals surface area (Å²) in [5.41, 5.74) is 0.812. The van der Waals surface area contributed by atoms with Gasteiger partial charge < -0.3 is 24.3 Å². The number of carbonyl (C=O) groups is 3. The van der Waals surface area contributed by atoms with E-state index in [9.17, 15) is 14.4 Å². The lowest BCUT2D eigenvalue weighted by atomic mass is 10.2. The summed E-state index contributed by atoms with van der Waals surface area (Å²) in [5, 5.41) is 2.55. The van der Waals surface area contributed by atoms with E-state index < -0.39 is 24.5 Å². The molecular weight excluding hydrogens is 366 g/mol. The molecular formula is C20H21NO7. The lowest BCUT2D eigenvalue weighted by molar-refractivity contribution is -0.149. The summed E-state index contributed by atoms with van der Waals surface area (Å²) in [6.45, 7) is 1.48. The molecule has 0 aliphatic carbocycles. The summed E-state index contributed by atoms with van der Waals surface area (Å²) in [5.74, 6) is -0.753. The van der Waals surface area contributed by atoms with Gasteiger partial charge in [-0.15, -0.1) is 0 Å². The number of hydrogen-bond acceptors (Lipinski definition) is 7. The number of methoxy groups -OCH3 is 1. The van der Waals surface area contributed by atoms with Crippen molar-refractivity contribution in [3.63, 3.8) is 0 Å². The molecule has 2 rings (SSSR count). The van der Waals surface area contributed by atoms with Crippen LogP contribution in [0.15, 0.2) is 48.5 Å². The van der Waals surface area contributed by atoms with Gasteiger partial charge in [0.15, 0.2) is 24.7 Å². The van der Waals surface area contributed by atoms with Crippen molar-refractivity contribution >= 4 is 23.5 Å². The van der Waals surface area contributed by atoms with Gasteiger partial charge in [0.05, 0.1) is 19.3 Å². The molecule has 0 aliphatic rings. The summed E-state index contributed by atoms with van der Waals surface area (Å²) in [7, 11) is 1.28. The molecule has 1 amide bonds. The van der Waals surface area contributed by atoms with Crippen LogP contribution in [0.4, 0.5) is 5.69 Å². The number of esters is 2. The third-order valence-electron chi connectivity index (χ3n) is 3.45. The van der Waals surface area contributed by atoms with Crippen LogP contribution in [0.1, 0.15) is 17.3 Å². The highest BCUT2D eigenvalue weighted by Crippen LogP contribution is 2.26. The van der Waals surface area contributed by atoms with E-state index in [-0.39, 0.29) is 6.61 Å². The maximum absolute atomic E-state index is 11.9. The fourth-order valence-electron chi connectivity index (χ4n) is 2.17. The highest BCUT2D eigenvalue weighted by atomic mass is 16.6. The van der Waals surface area contributed by atoms with E-state index in [1.165, 1.54) is 19.2 Å². The maximum Gasteiger partial charge on any atom is 0.344 e. The highest BCUT2D eigenvalue weighted by Gasteiger charge is 2.11. The number of amides is 1. The monoisotopic (exact) mass is 387 g/mol. The van der Waals surface area contributed by atoms with Crippen molar-refractivity contribution < 1.29 is 33.3 Å². The first-order valence-electron chi connectivity index (χ1n) is 8.52. The summed E-state index contributed by atoms with van der Waals surface area (Å²) < 4.78 is 20.2. The van der Waals surface area contributed by atoms with Crippen LogP contribution in [0.3, 0.4) is 0 Å². The van der Waals surface area contributed by atoms with Crippen LogP contribution in [0.25, 0.3) is 0 Å². The van der Waals surface area contributed by atoms with Crippen molar-refractivity contribution in [2.24, 2.45) is 0 Å². The first-order valence-corrected chi connectivity index (χ1v) is 8.52. The number of carbonyl (C=O) groups excluding carboxylic acids is 3. The smallest absolute Gasteiger partial charge is 0.344 e. The zero-order valence-electron chi connectivity index (χ0n) is 15.6. The molecule has 0 atom stereocenters. The molecule has 0 heterocycles. The van der Waals surface area contributed by atoms with Gasteiger partial charge in [-0.25, -0.2) is 9.59 Å². The largest absolute Gasteiger partial charge is 0.490 e. The third-order valence-corrected chi connectivity index (χ3v) is 3.45. The van der Waals surface area contributed by atoms with E-state index in [0.29, 0.717) is 29.4 Å². The second-order valence-corrected chi connectivity index (χ2v) is 5.45. The predicted molar refractivity (Wildman–Crippen MR) is 100 cm³/mol. The molecule has 2 aromatic rings. The Balaban J connectivity index is 1.76. The lowest BCUT2D eigenvalue weighted by Crippen LogP contribution is -2.23. The molecule has 0 bridgehead atoms. The Labute approximate surface area is 162 Å². The second kappa shape index (κ2) is 10.6. The van der Waals surface area contributed by atoms with Gasteiger partial charge in [-0.2, -0.15) is 0 Å². The second-order valence-electron chi connectivity index (χ2n) is 5.45. The van der Waals surface area contributed by atoms with Gasteiger partial charge in [0, 0.05) is 5.69 Å². The van der Waals surface area contributed by atoms with E-state index in [1.807, 2.05) is 6.92 Å². The maximum atomic E-state index is 11.9. The van der Waals surface area contributed by atoms with Crippen LogP contribution in [-0.2, 0) is 19.1 Å². The van der Waals surface area contributed by atoms with Crippen LogP contribution in [0.2, 0.25) is 0 Å². The minimum atomic E-state index is -0.692. The minimum absolute atomic E-state index is 0.356. The van der Waals surface area contributed by atoms with E-state index >= 15 is 0 Å². The van der Waals surface area contributed by atoms with Crippen LogP contribution in [0, 0.1) is 0 Å². The number of hydrogen-bond donors (Lipinski definition) is 1. The molecule has 8 heteroatoms. The molecule has 8 nitrogen and oxygen atoms in total. The molecule has 0 saturated carbocycles. The molecule has 1 N–H and O–H groups in total. The Morgan fingerprint density at radius 3 is 2.14 bits per heavy atom. The summed E-state index contributed by atoms with van der Waals surface area (Å²) >= 11 is 0. The highest BCUT2D eigenvalue weighted by molar-refractivity contribution is 5.94. The fourth-order valence-corrected chi connectivity index (χ4v) is 2.17. The van der Waals surface area contributed by atoms with Crippen molar-refractivity contribution in [1.82, 2.24) is 0 Å². The number of para-hydroxylation sites is 2.